The van der Waals surface area contributed by atoms with Gasteiger partial charge in [0.2, 0.25) is 5.82 Å². The fourth-order valence-electron chi connectivity index (χ4n) is 4.18. The number of alkyl halides is 3. The fraction of sp³-hybridized carbons (Fsp3) is 0.462. The molecular formula is C26H30F3N5O2S. The third-order valence-electron chi connectivity index (χ3n) is 6.32. The molecule has 1 aliphatic heterocycles. The van der Waals surface area contributed by atoms with E-state index >= 15 is 0 Å². The maximum atomic E-state index is 13.2. The van der Waals surface area contributed by atoms with Crippen molar-refractivity contribution in [3.8, 4) is 16.3 Å². The highest BCUT2D eigenvalue weighted by Crippen LogP contribution is 2.31. The Kier molecular flexibility index (Phi) is 8.13. The van der Waals surface area contributed by atoms with Gasteiger partial charge in [-0.1, -0.05) is 0 Å². The van der Waals surface area contributed by atoms with E-state index < -0.39 is 18.0 Å². The van der Waals surface area contributed by atoms with Gasteiger partial charge in [-0.15, -0.1) is 11.3 Å². The van der Waals surface area contributed by atoms with E-state index in [9.17, 15) is 18.0 Å². The largest absolute Gasteiger partial charge is 0.490 e. The first kappa shape index (κ1) is 27.0. The summed E-state index contributed by atoms with van der Waals surface area (Å²) in [4.78, 5) is 27.9. The first-order chi connectivity index (χ1) is 17.5. The molecule has 37 heavy (non-hydrogen) atoms. The number of likely N-dealkylation sites (tertiary alicyclic amines) is 1. The van der Waals surface area contributed by atoms with Gasteiger partial charge in [0.05, 0.1) is 6.04 Å². The topological polar surface area (TPSA) is 80.2 Å². The Morgan fingerprint density at radius 3 is 2.32 bits per heavy atom. The molecule has 11 heteroatoms. The molecule has 1 atom stereocenters. The number of hydrogen-bond acceptors (Lipinski definition) is 7. The molecule has 7 nitrogen and oxygen atoms in total. The molecule has 1 N–H and O–H groups in total. The number of aryl methyl sites for hydroxylation is 1. The average molecular weight is 534 g/mol. The highest BCUT2D eigenvalue weighted by Gasteiger charge is 2.34. The number of halogens is 3. The van der Waals surface area contributed by atoms with Crippen molar-refractivity contribution in [2.45, 2.75) is 64.9 Å². The zero-order chi connectivity index (χ0) is 26.7. The molecule has 2 aromatic heterocycles. The lowest BCUT2D eigenvalue weighted by molar-refractivity contribution is -0.145. The van der Waals surface area contributed by atoms with Gasteiger partial charge in [-0.25, -0.2) is 15.0 Å². The minimum atomic E-state index is -4.62. The average Bonchev–Trinajstić information content (AvgIpc) is 3.30. The van der Waals surface area contributed by atoms with Crippen molar-refractivity contribution in [2.24, 2.45) is 0 Å². The van der Waals surface area contributed by atoms with Gasteiger partial charge >= 0.3 is 6.18 Å². The summed E-state index contributed by atoms with van der Waals surface area (Å²) in [5, 5.41) is 3.60. The number of aromatic nitrogens is 3. The predicted octanol–water partition coefficient (Wildman–Crippen LogP) is 5.67. The summed E-state index contributed by atoms with van der Waals surface area (Å²) < 4.78 is 44.7. The van der Waals surface area contributed by atoms with Crippen LogP contribution < -0.4 is 10.1 Å². The summed E-state index contributed by atoms with van der Waals surface area (Å²) in [6, 6.07) is 5.23. The number of benzene rings is 1. The van der Waals surface area contributed by atoms with Crippen molar-refractivity contribution in [1.82, 2.24) is 25.2 Å². The number of nitrogens with zero attached hydrogens (tertiary/aromatic N) is 4. The van der Waals surface area contributed by atoms with Crippen molar-refractivity contribution in [2.75, 3.05) is 13.1 Å². The molecule has 1 fully saturated rings. The summed E-state index contributed by atoms with van der Waals surface area (Å²) in [5.41, 5.74) is 1.51. The van der Waals surface area contributed by atoms with Gasteiger partial charge in [0, 0.05) is 59.3 Å². The minimum Gasteiger partial charge on any atom is -0.490 e. The number of carbonyl (C=O) groups is 1. The van der Waals surface area contributed by atoms with Crippen LogP contribution in [0.4, 0.5) is 13.2 Å². The molecule has 0 bridgehead atoms. The van der Waals surface area contributed by atoms with Crippen molar-refractivity contribution < 1.29 is 22.7 Å². The molecule has 198 valence electrons. The molecule has 1 aromatic carbocycles. The van der Waals surface area contributed by atoms with Crippen LogP contribution in [-0.4, -0.2) is 51.0 Å². The number of carbonyl (C=O) groups excluding carboxylic acids is 1. The zero-order valence-corrected chi connectivity index (χ0v) is 22.0. The second-order valence-electron chi connectivity index (χ2n) is 9.50. The van der Waals surface area contributed by atoms with Gasteiger partial charge in [-0.05, 0) is 58.7 Å². The lowest BCUT2D eigenvalue weighted by atomic mass is 10.1. The Hall–Kier alpha value is -3.05. The number of hydrogen-bond donors (Lipinski definition) is 1. The van der Waals surface area contributed by atoms with Crippen LogP contribution in [0.15, 0.2) is 36.8 Å². The van der Waals surface area contributed by atoms with Gasteiger partial charge in [0.15, 0.2) is 0 Å². The molecule has 0 spiro atoms. The normalized spacial score (nSPS) is 16.1. The lowest BCUT2D eigenvalue weighted by Crippen LogP contribution is -2.41. The second-order valence-corrected chi connectivity index (χ2v) is 10.7. The van der Waals surface area contributed by atoms with Crippen molar-refractivity contribution in [1.29, 1.82) is 0 Å². The van der Waals surface area contributed by atoms with E-state index in [1.807, 2.05) is 13.0 Å². The van der Waals surface area contributed by atoms with Crippen LogP contribution in [-0.2, 0) is 6.18 Å². The summed E-state index contributed by atoms with van der Waals surface area (Å²) in [6.07, 6.45) is 1.14. The van der Waals surface area contributed by atoms with Gasteiger partial charge in [0.25, 0.3) is 5.91 Å². The van der Waals surface area contributed by atoms with E-state index in [4.69, 9.17) is 4.74 Å². The van der Waals surface area contributed by atoms with Crippen LogP contribution in [0.1, 0.15) is 66.3 Å². The van der Waals surface area contributed by atoms with E-state index in [0.717, 1.165) is 53.8 Å². The highest BCUT2D eigenvalue weighted by molar-refractivity contribution is 7.14. The third kappa shape index (κ3) is 6.84. The lowest BCUT2D eigenvalue weighted by Gasteiger charge is -2.34. The van der Waals surface area contributed by atoms with Crippen molar-refractivity contribution in [3.05, 3.63) is 58.6 Å². The Labute approximate surface area is 218 Å². The molecule has 0 radical (unpaired) electrons. The predicted molar refractivity (Wildman–Crippen MR) is 136 cm³/mol. The number of rotatable bonds is 7. The Bertz CT molecular complexity index is 1220. The first-order valence-electron chi connectivity index (χ1n) is 12.2. The quantitative estimate of drug-likeness (QED) is 0.422. The monoisotopic (exact) mass is 533 g/mol. The Balaban J connectivity index is 1.53. The van der Waals surface area contributed by atoms with Crippen molar-refractivity contribution in [3.63, 3.8) is 0 Å². The number of thiazole rings is 1. The number of piperidine rings is 1. The van der Waals surface area contributed by atoms with Crippen LogP contribution in [0.2, 0.25) is 0 Å². The van der Waals surface area contributed by atoms with Gasteiger partial charge in [-0.2, -0.15) is 13.2 Å². The van der Waals surface area contributed by atoms with Gasteiger partial charge < -0.3 is 15.0 Å². The molecule has 0 saturated carbocycles. The summed E-state index contributed by atoms with van der Waals surface area (Å²) in [6.45, 7) is 9.90. The molecule has 0 aliphatic carbocycles. The molecule has 4 rings (SSSR count). The number of nitrogens with one attached hydrogen (secondary N) is 1. The van der Waals surface area contributed by atoms with E-state index in [1.54, 1.807) is 25.3 Å². The zero-order valence-electron chi connectivity index (χ0n) is 21.2. The maximum Gasteiger partial charge on any atom is 0.451 e. The molecule has 1 unspecified atom stereocenters. The molecule has 3 heterocycles. The summed E-state index contributed by atoms with van der Waals surface area (Å²) >= 11 is 1.52. The second kappa shape index (κ2) is 11.1. The van der Waals surface area contributed by atoms with Crippen LogP contribution in [0.25, 0.3) is 10.6 Å². The standard InChI is InChI=1S/C26H30F3N5O2S/c1-15(2)34-7-5-21(6-8-34)36-22-10-18(9-19(11-22)24-30-12-16(3)37-24)23(35)33-17(4)20-13-31-25(32-14-20)26(27,28)29/h9-15,17,21H,5-8H2,1-4H3,(H,33,35). The molecule has 1 amide bonds. The Morgan fingerprint density at radius 2 is 1.76 bits per heavy atom. The van der Waals surface area contributed by atoms with Crippen LogP contribution in [0.3, 0.4) is 0 Å². The number of ether oxygens (including phenoxy) is 1. The van der Waals surface area contributed by atoms with E-state index in [2.05, 4.69) is 39.0 Å². The number of amides is 1. The highest BCUT2D eigenvalue weighted by atomic mass is 32.1. The van der Waals surface area contributed by atoms with Crippen LogP contribution in [0, 0.1) is 6.92 Å². The van der Waals surface area contributed by atoms with Crippen molar-refractivity contribution >= 4 is 17.2 Å². The third-order valence-corrected chi connectivity index (χ3v) is 7.28. The van der Waals surface area contributed by atoms with E-state index in [0.29, 0.717) is 22.9 Å². The molecule has 1 aliphatic rings. The van der Waals surface area contributed by atoms with Gasteiger partial charge in [0.1, 0.15) is 16.9 Å². The van der Waals surface area contributed by atoms with E-state index in [-0.39, 0.29) is 12.0 Å². The smallest absolute Gasteiger partial charge is 0.451 e. The SMILES string of the molecule is Cc1cnc(-c2cc(OC3CCN(C(C)C)CC3)cc(C(=O)NC(C)c3cnc(C(F)(F)F)nc3)c2)s1. The Morgan fingerprint density at radius 1 is 1.08 bits per heavy atom. The minimum absolute atomic E-state index is 0.0439. The molecular weight excluding hydrogens is 503 g/mol. The first-order valence-corrected chi connectivity index (χ1v) is 13.0. The van der Waals surface area contributed by atoms with Crippen LogP contribution in [0.5, 0.6) is 5.75 Å². The van der Waals surface area contributed by atoms with E-state index in [1.165, 1.54) is 11.3 Å². The molecule has 3 aromatic rings. The van der Waals surface area contributed by atoms with Crippen LogP contribution >= 0.6 is 11.3 Å². The maximum absolute atomic E-state index is 13.2. The summed E-state index contributed by atoms with van der Waals surface area (Å²) in [5.74, 6) is -1.02. The summed E-state index contributed by atoms with van der Waals surface area (Å²) in [7, 11) is 0. The fourth-order valence-corrected chi connectivity index (χ4v) is 4.94. The molecule has 1 saturated heterocycles. The van der Waals surface area contributed by atoms with Gasteiger partial charge in [-0.3, -0.25) is 4.79 Å².